The van der Waals surface area contributed by atoms with Gasteiger partial charge in [-0.15, -0.1) is 0 Å². The van der Waals surface area contributed by atoms with Crippen LogP contribution in [-0.2, 0) is 4.79 Å². The van der Waals surface area contributed by atoms with Gasteiger partial charge < -0.3 is 24.4 Å². The third kappa shape index (κ3) is 4.01. The highest BCUT2D eigenvalue weighted by Gasteiger charge is 2.38. The zero-order valence-electron chi connectivity index (χ0n) is 16.0. The van der Waals surface area contributed by atoms with Crippen molar-refractivity contribution in [3.8, 4) is 5.75 Å². The highest BCUT2D eigenvalue weighted by molar-refractivity contribution is 5.78. The number of hydrogen-bond acceptors (Lipinski definition) is 6. The van der Waals surface area contributed by atoms with Crippen molar-refractivity contribution in [2.24, 2.45) is 0 Å². The molecule has 0 spiro atoms. The van der Waals surface area contributed by atoms with E-state index in [2.05, 4.69) is 15.5 Å². The van der Waals surface area contributed by atoms with Crippen LogP contribution in [0, 0.1) is 5.82 Å². The molecule has 3 amide bonds. The van der Waals surface area contributed by atoms with Crippen molar-refractivity contribution in [1.82, 2.24) is 25.3 Å². The Labute approximate surface area is 166 Å². The van der Waals surface area contributed by atoms with Gasteiger partial charge in [0.05, 0.1) is 5.92 Å². The molecule has 1 unspecified atom stereocenters. The first-order chi connectivity index (χ1) is 14.0. The van der Waals surface area contributed by atoms with Crippen molar-refractivity contribution >= 4 is 11.9 Å². The summed E-state index contributed by atoms with van der Waals surface area (Å²) in [5.41, 5.74) is 0. The van der Waals surface area contributed by atoms with Crippen LogP contribution in [0.2, 0.25) is 0 Å². The summed E-state index contributed by atoms with van der Waals surface area (Å²) < 4.78 is 23.7. The lowest BCUT2D eigenvalue weighted by Gasteiger charge is -2.37. The number of amides is 3. The van der Waals surface area contributed by atoms with Crippen LogP contribution in [0.1, 0.15) is 36.5 Å². The monoisotopic (exact) mass is 403 g/mol. The number of benzene rings is 1. The molecule has 2 aromatic rings. The Morgan fingerprint density at radius 3 is 2.79 bits per heavy atom. The summed E-state index contributed by atoms with van der Waals surface area (Å²) in [6.07, 6.45) is 1.67. The Morgan fingerprint density at radius 1 is 1.31 bits per heavy atom. The molecule has 1 aromatic carbocycles. The number of hydrogen-bond donors (Lipinski definition) is 1. The summed E-state index contributed by atoms with van der Waals surface area (Å²) in [5.74, 6) is 0.910. The first kappa shape index (κ1) is 19.2. The van der Waals surface area contributed by atoms with E-state index in [1.807, 2.05) is 0 Å². The molecule has 2 aliphatic rings. The number of nitrogens with one attached hydrogen (secondary N) is 1. The number of ether oxygens (including phenoxy) is 1. The van der Waals surface area contributed by atoms with E-state index in [-0.39, 0.29) is 36.3 Å². The largest absolute Gasteiger partial charge is 0.484 e. The van der Waals surface area contributed by atoms with Crippen molar-refractivity contribution in [3.63, 3.8) is 0 Å². The minimum Gasteiger partial charge on any atom is -0.484 e. The van der Waals surface area contributed by atoms with Gasteiger partial charge in [-0.25, -0.2) is 9.18 Å². The van der Waals surface area contributed by atoms with Crippen molar-refractivity contribution in [3.05, 3.63) is 41.8 Å². The molecule has 2 aliphatic heterocycles. The fourth-order valence-corrected chi connectivity index (χ4v) is 3.57. The predicted molar refractivity (Wildman–Crippen MR) is 98.7 cm³/mol. The summed E-state index contributed by atoms with van der Waals surface area (Å²) in [6, 6.07) is 5.15. The molecule has 2 saturated heterocycles. The van der Waals surface area contributed by atoms with Crippen molar-refractivity contribution < 1.29 is 23.2 Å². The van der Waals surface area contributed by atoms with E-state index in [0.29, 0.717) is 37.1 Å². The zero-order chi connectivity index (χ0) is 20.4. The molecule has 29 heavy (non-hydrogen) atoms. The van der Waals surface area contributed by atoms with E-state index in [4.69, 9.17) is 9.26 Å². The first-order valence-electron chi connectivity index (χ1n) is 9.53. The predicted octanol–water partition coefficient (Wildman–Crippen LogP) is 1.69. The topological polar surface area (TPSA) is 101 Å². The van der Waals surface area contributed by atoms with Crippen molar-refractivity contribution in [2.75, 3.05) is 33.3 Å². The fraction of sp³-hybridized carbons (Fsp3) is 0.474. The number of halogens is 1. The molecule has 1 aromatic heterocycles. The second kappa shape index (κ2) is 8.06. The van der Waals surface area contributed by atoms with Crippen LogP contribution in [-0.4, -0.2) is 65.2 Å². The number of likely N-dealkylation sites (tertiary alicyclic amines) is 2. The highest BCUT2D eigenvalue weighted by Crippen LogP contribution is 2.32. The van der Waals surface area contributed by atoms with E-state index in [9.17, 15) is 14.0 Å². The first-order valence-corrected chi connectivity index (χ1v) is 9.53. The second-order valence-electron chi connectivity index (χ2n) is 7.14. The summed E-state index contributed by atoms with van der Waals surface area (Å²) in [7, 11) is 1.59. The van der Waals surface area contributed by atoms with Crippen LogP contribution < -0.4 is 10.1 Å². The Kier molecular flexibility index (Phi) is 5.32. The van der Waals surface area contributed by atoms with Crippen LogP contribution in [0.15, 0.2) is 28.8 Å². The van der Waals surface area contributed by atoms with E-state index in [1.165, 1.54) is 24.3 Å². The molecular formula is C19H22FN5O4. The van der Waals surface area contributed by atoms with Gasteiger partial charge in [0.25, 0.3) is 5.91 Å². The summed E-state index contributed by atoms with van der Waals surface area (Å²) in [6.45, 7) is 1.50. The maximum absolute atomic E-state index is 12.9. The molecular weight excluding hydrogens is 381 g/mol. The third-order valence-corrected chi connectivity index (χ3v) is 5.25. The van der Waals surface area contributed by atoms with E-state index in [0.717, 1.165) is 12.8 Å². The van der Waals surface area contributed by atoms with Gasteiger partial charge in [0.15, 0.2) is 12.4 Å². The van der Waals surface area contributed by atoms with Gasteiger partial charge >= 0.3 is 6.03 Å². The lowest BCUT2D eigenvalue weighted by Crippen LogP contribution is -2.50. The third-order valence-electron chi connectivity index (χ3n) is 5.25. The average molecular weight is 403 g/mol. The Balaban J connectivity index is 1.28. The molecule has 154 valence electrons. The highest BCUT2D eigenvalue weighted by atomic mass is 19.1. The smallest absolute Gasteiger partial charge is 0.317 e. The molecule has 1 atom stereocenters. The van der Waals surface area contributed by atoms with Crippen LogP contribution in [0.4, 0.5) is 9.18 Å². The Morgan fingerprint density at radius 2 is 2.07 bits per heavy atom. The SMILES string of the molecule is CNC(=O)N1CCCC1c1nc(C2CN(C(=O)COc3ccc(F)cc3)C2)no1. The number of carbonyl (C=O) groups excluding carboxylic acids is 2. The molecule has 10 heteroatoms. The lowest BCUT2D eigenvalue weighted by atomic mass is 9.99. The van der Waals surface area contributed by atoms with Gasteiger partial charge in [-0.3, -0.25) is 4.79 Å². The van der Waals surface area contributed by atoms with Gasteiger partial charge in [0.2, 0.25) is 5.89 Å². The molecule has 4 rings (SSSR count). The van der Waals surface area contributed by atoms with Gasteiger partial charge in [-0.1, -0.05) is 5.16 Å². The molecule has 1 N–H and O–H groups in total. The van der Waals surface area contributed by atoms with Crippen molar-refractivity contribution in [2.45, 2.75) is 24.8 Å². The number of nitrogens with zero attached hydrogens (tertiary/aromatic N) is 4. The van der Waals surface area contributed by atoms with Crippen LogP contribution >= 0.6 is 0 Å². The summed E-state index contributed by atoms with van der Waals surface area (Å²) in [4.78, 5) is 32.0. The fourth-order valence-electron chi connectivity index (χ4n) is 3.57. The normalized spacial score (nSPS) is 19.2. The van der Waals surface area contributed by atoms with Gasteiger partial charge in [-0.2, -0.15) is 4.98 Å². The second-order valence-corrected chi connectivity index (χ2v) is 7.14. The Hall–Kier alpha value is -3.17. The van der Waals surface area contributed by atoms with E-state index < -0.39 is 0 Å². The van der Waals surface area contributed by atoms with Crippen LogP contribution in [0.3, 0.4) is 0 Å². The van der Waals surface area contributed by atoms with Gasteiger partial charge in [0, 0.05) is 26.7 Å². The standard InChI is InChI=1S/C19H22FN5O4/c1-21-19(27)25-8-2-3-15(25)18-22-17(23-29-18)12-9-24(10-12)16(26)11-28-14-6-4-13(20)5-7-14/h4-7,12,15H,2-3,8-11H2,1H3,(H,21,27). The minimum absolute atomic E-state index is 0.00266. The molecule has 9 nitrogen and oxygen atoms in total. The quantitative estimate of drug-likeness (QED) is 0.815. The van der Waals surface area contributed by atoms with E-state index >= 15 is 0 Å². The molecule has 0 saturated carbocycles. The van der Waals surface area contributed by atoms with Gasteiger partial charge in [-0.05, 0) is 37.1 Å². The maximum Gasteiger partial charge on any atom is 0.317 e. The lowest BCUT2D eigenvalue weighted by molar-refractivity contribution is -0.138. The van der Waals surface area contributed by atoms with Crippen LogP contribution in [0.5, 0.6) is 5.75 Å². The number of urea groups is 1. The molecule has 2 fully saturated rings. The molecule has 0 aliphatic carbocycles. The van der Waals surface area contributed by atoms with Gasteiger partial charge in [0.1, 0.15) is 17.6 Å². The number of carbonyl (C=O) groups is 2. The molecule has 0 radical (unpaired) electrons. The maximum atomic E-state index is 12.9. The summed E-state index contributed by atoms with van der Waals surface area (Å²) in [5, 5.41) is 6.67. The molecule has 3 heterocycles. The van der Waals surface area contributed by atoms with E-state index in [1.54, 1.807) is 16.8 Å². The number of rotatable bonds is 5. The summed E-state index contributed by atoms with van der Waals surface area (Å²) >= 11 is 0. The Bertz CT molecular complexity index is 881. The number of aromatic nitrogens is 2. The zero-order valence-corrected chi connectivity index (χ0v) is 16.0. The van der Waals surface area contributed by atoms with Crippen molar-refractivity contribution in [1.29, 1.82) is 0 Å². The molecule has 0 bridgehead atoms. The van der Waals surface area contributed by atoms with Crippen LogP contribution in [0.25, 0.3) is 0 Å². The minimum atomic E-state index is -0.357. The average Bonchev–Trinajstić information content (AvgIpc) is 3.35.